The maximum Gasteiger partial charge on any atom is 2.00 e. The molecule has 0 bridgehead atoms. The van der Waals surface area contributed by atoms with Crippen LogP contribution in [0.3, 0.4) is 0 Å². The third-order valence-corrected chi connectivity index (χ3v) is 11.5. The summed E-state index contributed by atoms with van der Waals surface area (Å²) in [7, 11) is 0. The van der Waals surface area contributed by atoms with Crippen molar-refractivity contribution in [3.8, 4) is 17.3 Å². The van der Waals surface area contributed by atoms with Crippen LogP contribution in [-0.2, 0) is 26.5 Å². The van der Waals surface area contributed by atoms with Crippen molar-refractivity contribution in [1.29, 1.82) is 0 Å². The van der Waals surface area contributed by atoms with Crippen molar-refractivity contribution in [3.63, 3.8) is 0 Å². The topological polar surface area (TPSA) is 44.4 Å². The van der Waals surface area contributed by atoms with Gasteiger partial charge in [-0.25, -0.2) is 4.98 Å². The monoisotopic (exact) mass is 881 g/mol. The molecule has 53 heavy (non-hydrogen) atoms. The first-order chi connectivity index (χ1) is 25.4. The first-order valence-corrected chi connectivity index (χ1v) is 18.3. The van der Waals surface area contributed by atoms with Gasteiger partial charge in [-0.05, 0) is 70.3 Å². The molecular weight excluding hydrogens is 852 g/mol. The van der Waals surface area contributed by atoms with Gasteiger partial charge in [0.2, 0.25) is 0 Å². The molecule has 0 atom stereocenters. The van der Waals surface area contributed by atoms with E-state index in [0.29, 0.717) is 11.5 Å². The van der Waals surface area contributed by atoms with Gasteiger partial charge in [0.15, 0.2) is 0 Å². The molecule has 7 heteroatoms. The molecule has 11 aromatic rings. The number of aromatic nitrogens is 4. The molecule has 256 valence electrons. The fraction of sp³-hybridized carbons (Fsp3) is 0.0870. The van der Waals surface area contributed by atoms with E-state index in [0.717, 1.165) is 66.0 Å². The molecule has 0 radical (unpaired) electrons. The zero-order valence-electron chi connectivity index (χ0n) is 29.0. The van der Waals surface area contributed by atoms with E-state index >= 15 is 0 Å². The van der Waals surface area contributed by atoms with Crippen molar-refractivity contribution in [2.45, 2.75) is 26.2 Å². The normalized spacial score (nSPS) is 12.3. The summed E-state index contributed by atoms with van der Waals surface area (Å²) in [6, 6.07) is 49.9. The van der Waals surface area contributed by atoms with E-state index in [9.17, 15) is 0 Å². The molecule has 6 aromatic carbocycles. The van der Waals surface area contributed by atoms with Crippen LogP contribution in [0.2, 0.25) is 0 Å². The number of hydrogen-bond donors (Lipinski definition) is 0. The van der Waals surface area contributed by atoms with Crippen LogP contribution in [0.5, 0.6) is 11.5 Å². The van der Waals surface area contributed by atoms with Gasteiger partial charge in [0.1, 0.15) is 5.82 Å². The zero-order chi connectivity index (χ0) is 34.7. The molecule has 0 aliphatic heterocycles. The summed E-state index contributed by atoms with van der Waals surface area (Å²) in [4.78, 5) is 10.0. The number of fused-ring (bicyclic) bond motifs is 14. The zero-order valence-corrected chi connectivity index (χ0v) is 32.1. The minimum Gasteiger partial charge on any atom is -0.503 e. The van der Waals surface area contributed by atoms with Crippen molar-refractivity contribution in [1.82, 2.24) is 18.9 Å². The third-order valence-electron chi connectivity index (χ3n) is 10.3. The van der Waals surface area contributed by atoms with Crippen LogP contribution in [0.1, 0.15) is 26.3 Å². The maximum atomic E-state index is 6.62. The van der Waals surface area contributed by atoms with Gasteiger partial charge >= 0.3 is 21.1 Å². The number of benzene rings is 6. The van der Waals surface area contributed by atoms with Crippen LogP contribution in [0, 0.1) is 12.1 Å². The number of hydrogen-bond acceptors (Lipinski definition) is 4. The second-order valence-electron chi connectivity index (χ2n) is 14.5. The Balaban J connectivity index is 0.00000349. The number of pyridine rings is 2. The summed E-state index contributed by atoms with van der Waals surface area (Å²) >= 11 is 1.83. The SMILES string of the molecule is CC(C)(C)c1ccnc(-n2c3[c-]c(Oc4[c-]c5c(cc4)c4cc6sc7ccccc7c6cc4n4c6ccccc6nc54)ccc3c3ccccc32)c1.[Pt+2]. The quantitative estimate of drug-likeness (QED) is 0.131. The Hall–Kier alpha value is -5.55. The molecule has 0 spiro atoms. The standard InChI is InChI=1S/C46H30N4OS.Pt/c1-46(2,3)27-20-21-47-44(22-27)49-38-13-7-4-10-31(38)32-19-17-29(24-40(32)49)51-28-16-18-30-34-26-43-35(33-11-5-9-15-42(33)52-43)25-41(34)50-39-14-8-6-12-37(39)48-45(50)36(30)23-28;/h4-22,25-26H,1-3H3;/q-2;+2. The number of para-hydroxylation sites is 3. The molecule has 5 heterocycles. The molecule has 0 amide bonds. The van der Waals surface area contributed by atoms with Crippen molar-refractivity contribution < 1.29 is 25.8 Å². The maximum absolute atomic E-state index is 6.62. The van der Waals surface area contributed by atoms with Crippen LogP contribution in [0.25, 0.3) is 86.2 Å². The van der Waals surface area contributed by atoms with Gasteiger partial charge in [-0.15, -0.1) is 41.0 Å². The van der Waals surface area contributed by atoms with E-state index in [1.807, 2.05) is 35.7 Å². The molecule has 0 saturated carbocycles. The number of thiophene rings is 1. The van der Waals surface area contributed by atoms with Crippen molar-refractivity contribution in [3.05, 3.63) is 145 Å². The Morgan fingerprint density at radius 1 is 0.623 bits per heavy atom. The second-order valence-corrected chi connectivity index (χ2v) is 15.6. The first kappa shape index (κ1) is 32.1. The van der Waals surface area contributed by atoms with E-state index in [-0.39, 0.29) is 26.5 Å². The third kappa shape index (κ3) is 4.86. The van der Waals surface area contributed by atoms with Gasteiger partial charge in [-0.2, -0.15) is 6.07 Å². The minimum absolute atomic E-state index is 0. The van der Waals surface area contributed by atoms with E-state index in [1.54, 1.807) is 0 Å². The van der Waals surface area contributed by atoms with Crippen LogP contribution in [0.4, 0.5) is 0 Å². The van der Waals surface area contributed by atoms with Crippen LogP contribution >= 0.6 is 11.3 Å². The Labute approximate surface area is 323 Å². The molecule has 0 aliphatic rings. The van der Waals surface area contributed by atoms with Crippen molar-refractivity contribution >= 4 is 91.7 Å². The number of nitrogens with zero attached hydrogens (tertiary/aromatic N) is 4. The fourth-order valence-electron chi connectivity index (χ4n) is 7.83. The fourth-order valence-corrected chi connectivity index (χ4v) is 8.96. The summed E-state index contributed by atoms with van der Waals surface area (Å²) in [6.45, 7) is 6.68. The number of rotatable bonds is 3. The Morgan fingerprint density at radius 2 is 1.36 bits per heavy atom. The molecule has 5 aromatic heterocycles. The largest absolute Gasteiger partial charge is 2.00 e. The van der Waals surface area contributed by atoms with Gasteiger partial charge in [-0.1, -0.05) is 91.7 Å². The van der Waals surface area contributed by atoms with Gasteiger partial charge in [-0.3, -0.25) is 4.98 Å². The molecule has 0 fully saturated rings. The minimum atomic E-state index is -0.0122. The summed E-state index contributed by atoms with van der Waals surface area (Å²) in [5, 5.41) is 7.96. The predicted octanol–water partition coefficient (Wildman–Crippen LogP) is 12.3. The van der Waals surface area contributed by atoms with E-state index in [2.05, 4.69) is 145 Å². The summed E-state index contributed by atoms with van der Waals surface area (Å²) in [5.41, 5.74) is 7.21. The van der Waals surface area contributed by atoms with Crippen LogP contribution in [-0.4, -0.2) is 18.9 Å². The summed E-state index contributed by atoms with van der Waals surface area (Å²) < 4.78 is 13.7. The summed E-state index contributed by atoms with van der Waals surface area (Å²) in [5.74, 6) is 2.07. The van der Waals surface area contributed by atoms with Gasteiger partial charge < -0.3 is 13.7 Å². The average molecular weight is 882 g/mol. The molecular formula is C46H30N4OPtS. The first-order valence-electron chi connectivity index (χ1n) is 17.5. The molecule has 0 unspecified atom stereocenters. The summed E-state index contributed by atoms with van der Waals surface area (Å²) in [6.07, 6.45) is 1.90. The molecule has 0 aliphatic carbocycles. The van der Waals surface area contributed by atoms with E-state index in [1.165, 1.54) is 25.7 Å². The van der Waals surface area contributed by atoms with Crippen molar-refractivity contribution in [2.75, 3.05) is 0 Å². The second kappa shape index (κ2) is 11.7. The van der Waals surface area contributed by atoms with E-state index < -0.39 is 0 Å². The predicted molar refractivity (Wildman–Crippen MR) is 216 cm³/mol. The van der Waals surface area contributed by atoms with Crippen LogP contribution < -0.4 is 4.74 Å². The van der Waals surface area contributed by atoms with E-state index in [4.69, 9.17) is 14.7 Å². The molecule has 0 saturated heterocycles. The Bertz CT molecular complexity index is 3280. The molecule has 5 nitrogen and oxygen atoms in total. The number of imidazole rings is 1. The van der Waals surface area contributed by atoms with Crippen molar-refractivity contribution in [2.24, 2.45) is 0 Å². The Kier molecular flexibility index (Phi) is 7.11. The molecule has 0 N–H and O–H groups in total. The van der Waals surface area contributed by atoms with Gasteiger partial charge in [0, 0.05) is 48.9 Å². The Morgan fingerprint density at radius 3 is 2.21 bits per heavy atom. The smallest absolute Gasteiger partial charge is 0.503 e. The number of ether oxygens (including phenoxy) is 1. The van der Waals surface area contributed by atoms with Crippen LogP contribution in [0.15, 0.2) is 128 Å². The molecule has 11 rings (SSSR count). The van der Waals surface area contributed by atoms with Gasteiger partial charge in [0.05, 0.1) is 16.7 Å². The average Bonchev–Trinajstić information content (AvgIpc) is 3.83. The van der Waals surface area contributed by atoms with Gasteiger partial charge in [0.25, 0.3) is 0 Å².